The summed E-state index contributed by atoms with van der Waals surface area (Å²) in [5.41, 5.74) is 17.3. The molecule has 0 saturated carbocycles. The molecule has 2 aromatic heterocycles. The van der Waals surface area contributed by atoms with E-state index in [1.54, 1.807) is 0 Å². The predicted octanol–water partition coefficient (Wildman–Crippen LogP) is 15.7. The van der Waals surface area contributed by atoms with E-state index >= 15 is 0 Å². The Morgan fingerprint density at radius 3 is 1.80 bits per heavy atom. The Labute approximate surface area is 347 Å². The van der Waals surface area contributed by atoms with Gasteiger partial charge in [0.2, 0.25) is 5.89 Å². The molecule has 1 aliphatic carbocycles. The first kappa shape index (κ1) is 34.4. The normalized spacial score (nSPS) is 13.0. The SMILES string of the molecule is CC1(C)c2ccccc2-c2ccc(N(c3ccc(-c4ccc5ccccc5c4)cc3)c3ccc(-c4ccc5oc6cc7nc(-c8ccccc8)oc7cc6c5c4)cc3)cc21. The van der Waals surface area contributed by atoms with Crippen molar-refractivity contribution >= 4 is 60.9 Å². The molecule has 0 saturated heterocycles. The Morgan fingerprint density at radius 1 is 0.400 bits per heavy atom. The van der Waals surface area contributed by atoms with Gasteiger partial charge in [0.15, 0.2) is 5.58 Å². The monoisotopic (exact) mass is 770 g/mol. The van der Waals surface area contributed by atoms with Crippen molar-refractivity contribution < 1.29 is 8.83 Å². The maximum atomic E-state index is 6.35. The van der Waals surface area contributed by atoms with Gasteiger partial charge < -0.3 is 13.7 Å². The molecule has 4 heteroatoms. The lowest BCUT2D eigenvalue weighted by atomic mass is 9.82. The zero-order valence-corrected chi connectivity index (χ0v) is 33.2. The Kier molecular flexibility index (Phi) is 7.54. The Morgan fingerprint density at radius 2 is 1.02 bits per heavy atom. The summed E-state index contributed by atoms with van der Waals surface area (Å²) in [5.74, 6) is 0.604. The van der Waals surface area contributed by atoms with Crippen LogP contribution in [0.1, 0.15) is 25.0 Å². The summed E-state index contributed by atoms with van der Waals surface area (Å²) < 4.78 is 12.6. The van der Waals surface area contributed by atoms with E-state index < -0.39 is 0 Å². The maximum absolute atomic E-state index is 6.35. The van der Waals surface area contributed by atoms with Gasteiger partial charge in [0.25, 0.3) is 0 Å². The summed E-state index contributed by atoms with van der Waals surface area (Å²) >= 11 is 0. The smallest absolute Gasteiger partial charge is 0.227 e. The standard InChI is InChI=1S/C56H38N2O2/c1-56(2)49-15-9-8-14-45(49)46-28-27-44(32-50(46)56)58(42-23-18-36(19-24-42)40-17-16-35-10-6-7-13-39(35)30-40)43-25-20-37(21-26-43)41-22-29-52-47(31-41)48-33-54-51(34-53(48)59-52)57-55(60-54)38-11-4-3-5-12-38/h3-34H,1-2H3. The van der Waals surface area contributed by atoms with E-state index in [0.29, 0.717) is 5.89 Å². The largest absolute Gasteiger partial charge is 0.456 e. The molecule has 0 N–H and O–H groups in total. The minimum Gasteiger partial charge on any atom is -0.456 e. The minimum absolute atomic E-state index is 0.114. The quantitative estimate of drug-likeness (QED) is 0.169. The molecule has 0 amide bonds. The second-order valence-electron chi connectivity index (χ2n) is 16.4. The van der Waals surface area contributed by atoms with Crippen molar-refractivity contribution in [3.8, 4) is 44.8 Å². The molecule has 1 aliphatic rings. The highest BCUT2D eigenvalue weighted by Crippen LogP contribution is 2.51. The van der Waals surface area contributed by atoms with Crippen molar-refractivity contribution in [1.82, 2.24) is 4.98 Å². The summed E-state index contributed by atoms with van der Waals surface area (Å²) in [6.45, 7) is 4.68. The van der Waals surface area contributed by atoms with Crippen LogP contribution in [0, 0.1) is 0 Å². The molecule has 12 rings (SSSR count). The molecule has 0 radical (unpaired) electrons. The number of fused-ring (bicyclic) bond motifs is 8. The van der Waals surface area contributed by atoms with Crippen LogP contribution < -0.4 is 4.90 Å². The molecule has 0 fully saturated rings. The molecule has 11 aromatic rings. The van der Waals surface area contributed by atoms with Crippen LogP contribution in [0.15, 0.2) is 203 Å². The van der Waals surface area contributed by atoms with Crippen molar-refractivity contribution in [2.45, 2.75) is 19.3 Å². The maximum Gasteiger partial charge on any atom is 0.227 e. The third-order valence-electron chi connectivity index (χ3n) is 12.5. The van der Waals surface area contributed by atoms with Gasteiger partial charge in [-0.25, -0.2) is 4.98 Å². The minimum atomic E-state index is -0.114. The molecule has 284 valence electrons. The molecule has 2 heterocycles. The highest BCUT2D eigenvalue weighted by Gasteiger charge is 2.35. The molecule has 0 unspecified atom stereocenters. The molecule has 0 spiro atoms. The average Bonchev–Trinajstić information content (AvgIpc) is 3.95. The molecular formula is C56H38N2O2. The average molecular weight is 771 g/mol. The Balaban J connectivity index is 0.928. The van der Waals surface area contributed by atoms with E-state index in [2.05, 4.69) is 176 Å². The molecule has 0 aliphatic heterocycles. The first-order valence-electron chi connectivity index (χ1n) is 20.5. The van der Waals surface area contributed by atoms with Crippen molar-refractivity contribution in [1.29, 1.82) is 0 Å². The van der Waals surface area contributed by atoms with E-state index in [9.17, 15) is 0 Å². The molecular weight excluding hydrogens is 733 g/mol. The van der Waals surface area contributed by atoms with Crippen molar-refractivity contribution in [3.63, 3.8) is 0 Å². The number of hydrogen-bond donors (Lipinski definition) is 0. The van der Waals surface area contributed by atoms with Crippen molar-refractivity contribution in [3.05, 3.63) is 205 Å². The highest BCUT2D eigenvalue weighted by molar-refractivity contribution is 6.10. The zero-order valence-electron chi connectivity index (χ0n) is 33.2. The molecule has 60 heavy (non-hydrogen) atoms. The molecule has 9 aromatic carbocycles. The first-order valence-corrected chi connectivity index (χ1v) is 20.5. The molecule has 4 nitrogen and oxygen atoms in total. The van der Waals surface area contributed by atoms with Gasteiger partial charge >= 0.3 is 0 Å². The van der Waals surface area contributed by atoms with E-state index in [4.69, 9.17) is 13.8 Å². The molecule has 0 atom stereocenters. The third-order valence-corrected chi connectivity index (χ3v) is 12.5. The Hall–Kier alpha value is -7.69. The van der Waals surface area contributed by atoms with Crippen molar-refractivity contribution in [2.24, 2.45) is 0 Å². The van der Waals surface area contributed by atoms with Gasteiger partial charge in [-0.3, -0.25) is 0 Å². The third kappa shape index (κ3) is 5.49. The van der Waals surface area contributed by atoms with E-state index in [1.807, 2.05) is 36.4 Å². The lowest BCUT2D eigenvalue weighted by Gasteiger charge is -2.28. The van der Waals surface area contributed by atoms with Crippen LogP contribution in [-0.4, -0.2) is 4.98 Å². The first-order chi connectivity index (χ1) is 29.4. The van der Waals surface area contributed by atoms with Crippen LogP contribution in [0.25, 0.3) is 88.6 Å². The number of furan rings is 1. The van der Waals surface area contributed by atoms with Gasteiger partial charge in [0, 0.05) is 44.9 Å². The van der Waals surface area contributed by atoms with Gasteiger partial charge in [-0.05, 0) is 128 Å². The number of aromatic nitrogens is 1. The van der Waals surface area contributed by atoms with Crippen LogP contribution in [0.4, 0.5) is 17.1 Å². The van der Waals surface area contributed by atoms with E-state index in [0.717, 1.165) is 66.8 Å². The zero-order chi connectivity index (χ0) is 40.0. The molecule has 0 bridgehead atoms. The van der Waals surface area contributed by atoms with Gasteiger partial charge in [-0.15, -0.1) is 0 Å². The van der Waals surface area contributed by atoms with E-state index in [1.165, 1.54) is 44.2 Å². The predicted molar refractivity (Wildman–Crippen MR) is 247 cm³/mol. The number of anilines is 3. The van der Waals surface area contributed by atoms with Crippen LogP contribution in [-0.2, 0) is 5.41 Å². The second-order valence-corrected chi connectivity index (χ2v) is 16.4. The number of hydrogen-bond acceptors (Lipinski definition) is 4. The summed E-state index contributed by atoms with van der Waals surface area (Å²) in [6, 6.07) is 69.4. The summed E-state index contributed by atoms with van der Waals surface area (Å²) in [5, 5.41) is 4.54. The summed E-state index contributed by atoms with van der Waals surface area (Å²) in [7, 11) is 0. The number of nitrogens with zero attached hydrogens (tertiary/aromatic N) is 2. The van der Waals surface area contributed by atoms with Crippen molar-refractivity contribution in [2.75, 3.05) is 4.90 Å². The fourth-order valence-electron chi connectivity index (χ4n) is 9.33. The lowest BCUT2D eigenvalue weighted by Crippen LogP contribution is -2.16. The Bertz CT molecular complexity index is 3450. The van der Waals surface area contributed by atoms with Crippen LogP contribution in [0.5, 0.6) is 0 Å². The summed E-state index contributed by atoms with van der Waals surface area (Å²) in [4.78, 5) is 7.15. The highest BCUT2D eigenvalue weighted by atomic mass is 16.4. The fraction of sp³-hybridized carbons (Fsp3) is 0.0536. The van der Waals surface area contributed by atoms with Crippen LogP contribution in [0.2, 0.25) is 0 Å². The van der Waals surface area contributed by atoms with Gasteiger partial charge in [0.05, 0.1) is 0 Å². The lowest BCUT2D eigenvalue weighted by molar-refractivity contribution is 0.620. The topological polar surface area (TPSA) is 42.4 Å². The number of rotatable bonds is 6. The van der Waals surface area contributed by atoms with Gasteiger partial charge in [-0.1, -0.05) is 129 Å². The second kappa shape index (κ2) is 13.2. The van der Waals surface area contributed by atoms with Crippen LogP contribution >= 0.6 is 0 Å². The number of benzene rings is 9. The van der Waals surface area contributed by atoms with E-state index in [-0.39, 0.29) is 5.41 Å². The van der Waals surface area contributed by atoms with Gasteiger partial charge in [0.1, 0.15) is 16.7 Å². The van der Waals surface area contributed by atoms with Crippen LogP contribution in [0.3, 0.4) is 0 Å². The summed E-state index contributed by atoms with van der Waals surface area (Å²) in [6.07, 6.45) is 0. The fourth-order valence-corrected chi connectivity index (χ4v) is 9.33. The number of oxazole rings is 1. The van der Waals surface area contributed by atoms with Gasteiger partial charge in [-0.2, -0.15) is 0 Å².